The van der Waals surface area contributed by atoms with Crippen LogP contribution in [0.3, 0.4) is 0 Å². The number of allylic oxidation sites excluding steroid dienone is 1. The summed E-state index contributed by atoms with van der Waals surface area (Å²) in [6.07, 6.45) is 8.35. The van der Waals surface area contributed by atoms with Gasteiger partial charge in [0.1, 0.15) is 0 Å². The largest absolute Gasteiger partial charge is 0.0780 e. The first-order valence-electron chi connectivity index (χ1n) is 7.15. The predicted molar refractivity (Wildman–Crippen MR) is 82.6 cm³/mol. The molecule has 100 valence electrons. The van der Waals surface area contributed by atoms with Gasteiger partial charge in [0.2, 0.25) is 0 Å². The molecule has 0 aliphatic rings. The molecule has 1 unspecified atom stereocenters. The lowest BCUT2D eigenvalue weighted by molar-refractivity contribution is 0.210. The summed E-state index contributed by atoms with van der Waals surface area (Å²) in [6.45, 7) is 11.7. The molecule has 0 saturated carbocycles. The first kappa shape index (κ1) is 15.0. The summed E-state index contributed by atoms with van der Waals surface area (Å²) in [7, 11) is 0. The van der Waals surface area contributed by atoms with Gasteiger partial charge in [-0.15, -0.1) is 0 Å². The Kier molecular flexibility index (Phi) is 5.19. The monoisotopic (exact) mass is 244 g/mol. The van der Waals surface area contributed by atoms with E-state index in [2.05, 4.69) is 77.1 Å². The van der Waals surface area contributed by atoms with Gasteiger partial charge >= 0.3 is 0 Å². The normalized spacial score (nSPS) is 15.8. The van der Waals surface area contributed by atoms with Crippen LogP contribution in [0.4, 0.5) is 0 Å². The highest BCUT2D eigenvalue weighted by atomic mass is 14.3. The van der Waals surface area contributed by atoms with E-state index in [1.807, 2.05) is 0 Å². The van der Waals surface area contributed by atoms with Gasteiger partial charge in [0.05, 0.1) is 0 Å². The Balaban J connectivity index is 2.80. The highest BCUT2D eigenvalue weighted by molar-refractivity contribution is 5.49. The van der Waals surface area contributed by atoms with Crippen LogP contribution >= 0.6 is 0 Å². The maximum absolute atomic E-state index is 2.40. The Morgan fingerprint density at radius 2 is 1.56 bits per heavy atom. The van der Waals surface area contributed by atoms with Gasteiger partial charge in [-0.05, 0) is 29.2 Å². The Morgan fingerprint density at radius 3 is 2.06 bits per heavy atom. The fourth-order valence-corrected chi connectivity index (χ4v) is 2.38. The van der Waals surface area contributed by atoms with Gasteiger partial charge in [0, 0.05) is 0 Å². The summed E-state index contributed by atoms with van der Waals surface area (Å²) < 4.78 is 0. The van der Waals surface area contributed by atoms with Crippen LogP contribution < -0.4 is 0 Å². The van der Waals surface area contributed by atoms with Crippen molar-refractivity contribution in [2.45, 2.75) is 53.9 Å². The topological polar surface area (TPSA) is 0 Å². The van der Waals surface area contributed by atoms with E-state index >= 15 is 0 Å². The molecule has 0 saturated heterocycles. The second-order valence-electron chi connectivity index (χ2n) is 6.45. The van der Waals surface area contributed by atoms with Gasteiger partial charge < -0.3 is 0 Å². The maximum Gasteiger partial charge on any atom is -0.0141 e. The summed E-state index contributed by atoms with van der Waals surface area (Å²) in [6, 6.07) is 10.6. The van der Waals surface area contributed by atoms with Crippen LogP contribution in [-0.4, -0.2) is 0 Å². The summed E-state index contributed by atoms with van der Waals surface area (Å²) in [5.41, 5.74) is 2.02. The molecule has 0 heterocycles. The van der Waals surface area contributed by atoms with Crippen molar-refractivity contribution in [3.05, 3.63) is 42.0 Å². The van der Waals surface area contributed by atoms with Gasteiger partial charge in [-0.2, -0.15) is 0 Å². The first-order chi connectivity index (χ1) is 8.41. The van der Waals surface area contributed by atoms with Crippen LogP contribution in [0.2, 0.25) is 0 Å². The second kappa shape index (κ2) is 6.22. The molecule has 0 fully saturated rings. The van der Waals surface area contributed by atoms with Crippen molar-refractivity contribution in [3.8, 4) is 0 Å². The SMILES string of the molecule is CCC(C)(C)CC(C)(C=Cc1ccccc1)CC. The third-order valence-electron chi connectivity index (χ3n) is 4.12. The van der Waals surface area contributed by atoms with E-state index in [9.17, 15) is 0 Å². The molecule has 0 amide bonds. The van der Waals surface area contributed by atoms with Crippen molar-refractivity contribution in [2.24, 2.45) is 10.8 Å². The average Bonchev–Trinajstić information content (AvgIpc) is 2.37. The summed E-state index contributed by atoms with van der Waals surface area (Å²) in [5, 5.41) is 0. The molecule has 18 heavy (non-hydrogen) atoms. The third kappa shape index (κ3) is 4.68. The van der Waals surface area contributed by atoms with Gasteiger partial charge in [-0.25, -0.2) is 0 Å². The number of hydrogen-bond acceptors (Lipinski definition) is 0. The van der Waals surface area contributed by atoms with Crippen LogP contribution in [0.15, 0.2) is 36.4 Å². The third-order valence-corrected chi connectivity index (χ3v) is 4.12. The fraction of sp³-hybridized carbons (Fsp3) is 0.556. The predicted octanol–water partition coefficient (Wildman–Crippen LogP) is 5.94. The van der Waals surface area contributed by atoms with Gasteiger partial charge in [0.15, 0.2) is 0 Å². The minimum atomic E-state index is 0.301. The standard InChI is InChI=1S/C18H28/c1-6-17(3,4)15-18(5,7-2)14-13-16-11-9-8-10-12-16/h8-14H,6-7,15H2,1-5H3. The van der Waals surface area contributed by atoms with E-state index in [1.54, 1.807) is 0 Å². The number of rotatable bonds is 6. The molecule has 0 nitrogen and oxygen atoms in total. The van der Waals surface area contributed by atoms with Crippen molar-refractivity contribution in [1.29, 1.82) is 0 Å². The van der Waals surface area contributed by atoms with Crippen LogP contribution in [-0.2, 0) is 0 Å². The molecule has 0 aliphatic heterocycles. The lowest BCUT2D eigenvalue weighted by Gasteiger charge is -2.34. The molecule has 0 spiro atoms. The lowest BCUT2D eigenvalue weighted by atomic mass is 9.71. The summed E-state index contributed by atoms with van der Waals surface area (Å²) in [5.74, 6) is 0. The molecule has 0 heteroatoms. The fourth-order valence-electron chi connectivity index (χ4n) is 2.38. The molecule has 0 aromatic heterocycles. The van der Waals surface area contributed by atoms with Crippen molar-refractivity contribution >= 4 is 6.08 Å². The van der Waals surface area contributed by atoms with E-state index in [1.165, 1.54) is 24.8 Å². The molecule has 0 radical (unpaired) electrons. The Morgan fingerprint density at radius 1 is 0.944 bits per heavy atom. The lowest BCUT2D eigenvalue weighted by Crippen LogP contribution is -2.22. The zero-order chi connectivity index (χ0) is 13.6. The van der Waals surface area contributed by atoms with Crippen molar-refractivity contribution in [2.75, 3.05) is 0 Å². The van der Waals surface area contributed by atoms with Crippen LogP contribution in [0.1, 0.15) is 59.4 Å². The zero-order valence-corrected chi connectivity index (χ0v) is 12.7. The quantitative estimate of drug-likeness (QED) is 0.580. The maximum atomic E-state index is 2.40. The minimum absolute atomic E-state index is 0.301. The van der Waals surface area contributed by atoms with Crippen LogP contribution in [0, 0.1) is 10.8 Å². The molecule has 0 N–H and O–H groups in total. The van der Waals surface area contributed by atoms with Crippen LogP contribution in [0.5, 0.6) is 0 Å². The van der Waals surface area contributed by atoms with Gasteiger partial charge in [-0.1, -0.05) is 83.5 Å². The van der Waals surface area contributed by atoms with E-state index in [0.717, 1.165) is 0 Å². The highest BCUT2D eigenvalue weighted by Crippen LogP contribution is 2.39. The Hall–Kier alpha value is -1.04. The Bertz CT molecular complexity index is 372. The second-order valence-corrected chi connectivity index (χ2v) is 6.45. The minimum Gasteiger partial charge on any atom is -0.0780 e. The Labute approximate surface area is 113 Å². The van der Waals surface area contributed by atoms with Gasteiger partial charge in [0.25, 0.3) is 0 Å². The number of hydrogen-bond donors (Lipinski definition) is 0. The van der Waals surface area contributed by atoms with E-state index in [0.29, 0.717) is 10.8 Å². The first-order valence-corrected chi connectivity index (χ1v) is 7.15. The number of benzene rings is 1. The molecule has 0 aliphatic carbocycles. The van der Waals surface area contributed by atoms with E-state index in [4.69, 9.17) is 0 Å². The molecule has 1 atom stereocenters. The summed E-state index contributed by atoms with van der Waals surface area (Å²) >= 11 is 0. The average molecular weight is 244 g/mol. The van der Waals surface area contributed by atoms with Crippen molar-refractivity contribution < 1.29 is 0 Å². The van der Waals surface area contributed by atoms with E-state index < -0.39 is 0 Å². The summed E-state index contributed by atoms with van der Waals surface area (Å²) in [4.78, 5) is 0. The molecular weight excluding hydrogens is 216 g/mol. The molecular formula is C18H28. The highest BCUT2D eigenvalue weighted by Gasteiger charge is 2.27. The molecule has 0 bridgehead atoms. The smallest absolute Gasteiger partial charge is 0.0141 e. The molecule has 1 rings (SSSR count). The molecule has 1 aromatic carbocycles. The van der Waals surface area contributed by atoms with E-state index in [-0.39, 0.29) is 0 Å². The molecule has 1 aromatic rings. The van der Waals surface area contributed by atoms with Crippen LogP contribution in [0.25, 0.3) is 6.08 Å². The van der Waals surface area contributed by atoms with Crippen molar-refractivity contribution in [3.63, 3.8) is 0 Å². The van der Waals surface area contributed by atoms with Crippen molar-refractivity contribution in [1.82, 2.24) is 0 Å². The van der Waals surface area contributed by atoms with Gasteiger partial charge in [-0.3, -0.25) is 0 Å². The zero-order valence-electron chi connectivity index (χ0n) is 12.7.